The monoisotopic (exact) mass is 917 g/mol. The van der Waals surface area contributed by atoms with Crippen molar-refractivity contribution in [2.75, 3.05) is 18.4 Å². The summed E-state index contributed by atoms with van der Waals surface area (Å²) in [6, 6.07) is -1.81. The quantitative estimate of drug-likeness (QED) is 0.0187. The van der Waals surface area contributed by atoms with Crippen LogP contribution in [0.3, 0.4) is 0 Å². The fourth-order valence-corrected chi connectivity index (χ4v) is 6.68. The molecule has 0 saturated carbocycles. The number of nitrogens with two attached hydrogens (primary N) is 1. The number of carbonyl (C=O) groups excluding carboxylic acids is 6. The molecule has 0 unspecified atom stereocenters. The Balaban J connectivity index is 1.38. The lowest BCUT2D eigenvalue weighted by Crippen LogP contribution is -2.72. The van der Waals surface area contributed by atoms with Crippen molar-refractivity contribution < 1.29 is 52.5 Å². The minimum Gasteiger partial charge on any atom is -0.457 e. The van der Waals surface area contributed by atoms with Gasteiger partial charge in [-0.15, -0.1) is 27.4 Å². The highest BCUT2D eigenvalue weighted by Gasteiger charge is 2.42. The molecule has 63 heavy (non-hydrogen) atoms. The number of nitrogens with zero attached hydrogens (tertiary/aromatic N) is 6. The van der Waals surface area contributed by atoms with E-state index in [-0.39, 0.29) is 23.3 Å². The van der Waals surface area contributed by atoms with Crippen LogP contribution in [-0.4, -0.2) is 110 Å². The van der Waals surface area contributed by atoms with Crippen LogP contribution in [0.5, 0.6) is 0 Å². The van der Waals surface area contributed by atoms with Gasteiger partial charge in [0.15, 0.2) is 23.9 Å². The van der Waals surface area contributed by atoms with E-state index < -0.39 is 76.1 Å². The summed E-state index contributed by atoms with van der Waals surface area (Å²) in [5.74, 6) is -2.65. The van der Waals surface area contributed by atoms with Crippen LogP contribution in [0.1, 0.15) is 97.9 Å². The highest BCUT2D eigenvalue weighted by Crippen LogP contribution is 2.25. The average molecular weight is 918 g/mol. The van der Waals surface area contributed by atoms with Gasteiger partial charge in [0.2, 0.25) is 17.7 Å². The second-order valence-electron chi connectivity index (χ2n) is 17.7. The number of β-lactam (4-membered cyclic amide) rings is 1. The maximum Gasteiger partial charge on any atom is 0.414 e. The molecule has 24 heteroatoms. The maximum absolute atomic E-state index is 13.8. The third-order valence-corrected chi connectivity index (χ3v) is 9.86. The van der Waals surface area contributed by atoms with Crippen LogP contribution in [0.2, 0.25) is 0 Å². The van der Waals surface area contributed by atoms with E-state index in [1.165, 1.54) is 36.8 Å². The van der Waals surface area contributed by atoms with Crippen molar-refractivity contribution in [3.63, 3.8) is 0 Å². The van der Waals surface area contributed by atoms with Gasteiger partial charge in [-0.1, -0.05) is 5.16 Å². The minimum absolute atomic E-state index is 0.0397. The van der Waals surface area contributed by atoms with Crippen molar-refractivity contribution >= 4 is 75.4 Å². The number of hydrogen-bond donors (Lipinski definition) is 6. The van der Waals surface area contributed by atoms with Gasteiger partial charge in [-0.25, -0.2) is 24.4 Å². The normalized spacial score (nSPS) is 16.0. The number of aliphatic imine (C=N–C) groups is 1. The Hall–Kier alpha value is -6.17. The zero-order chi connectivity index (χ0) is 47.1. The van der Waals surface area contributed by atoms with Crippen LogP contribution >= 0.6 is 22.7 Å². The summed E-state index contributed by atoms with van der Waals surface area (Å²) < 4.78 is 19.7. The standard InChI is InChI=1S/C39H56N12O10S2/c1-36(2,3)58-31(55)39(10,11)61-49-26(23-20-62-33(45-23)48-35(57)60-38(7,8)9)29(54)46-25-22(44-28(25)53)16-42-27(52)24-17-43-30(63-24)21-18-50(12)51(19-21)15-13-14-41-32(40)47-34(56)59-37(4,5)6/h17-20,22,25H,13-16H2,1-12H3,(H6-,40,41,42,44,45,46,47,48,52,53,54,56,57)/p+1/b49-26-/t22-,25+/m1/s1. The zero-order valence-corrected chi connectivity index (χ0v) is 39.1. The lowest BCUT2D eigenvalue weighted by atomic mass is 9.98. The lowest BCUT2D eigenvalue weighted by molar-refractivity contribution is -0.753. The van der Waals surface area contributed by atoms with Crippen LogP contribution in [0.4, 0.5) is 14.7 Å². The van der Waals surface area contributed by atoms with Crippen molar-refractivity contribution in [1.29, 1.82) is 0 Å². The first-order chi connectivity index (χ1) is 29.1. The van der Waals surface area contributed by atoms with E-state index in [1.807, 2.05) is 28.8 Å². The molecule has 7 N–H and O–H groups in total. The number of thiazole rings is 2. The summed E-state index contributed by atoms with van der Waals surface area (Å²) >= 11 is 2.14. The van der Waals surface area contributed by atoms with Gasteiger partial charge in [0.05, 0.1) is 30.5 Å². The molecule has 1 fully saturated rings. The molecule has 1 aliphatic rings. The third kappa shape index (κ3) is 15.3. The molecule has 4 rings (SSSR count). The molecule has 22 nitrogen and oxygen atoms in total. The third-order valence-electron chi connectivity index (χ3n) is 8.06. The van der Waals surface area contributed by atoms with E-state index >= 15 is 0 Å². The van der Waals surface area contributed by atoms with Gasteiger partial charge in [0.1, 0.15) is 38.4 Å². The Morgan fingerprint density at radius 3 is 2.25 bits per heavy atom. The fourth-order valence-electron chi connectivity index (χ4n) is 5.20. The molecular formula is C39H57N12O10S2+. The number of alkyl carbamates (subject to hydrolysis) is 1. The second kappa shape index (κ2) is 19.9. The maximum atomic E-state index is 13.8. The first kappa shape index (κ1) is 49.5. The number of esters is 1. The molecular weight excluding hydrogens is 861 g/mol. The van der Waals surface area contributed by atoms with Crippen LogP contribution in [0.25, 0.3) is 10.6 Å². The largest absolute Gasteiger partial charge is 0.457 e. The SMILES string of the molecule is C[n+]1cc(-c2ncc(C(=O)NC[C@H]3NC(=O)[C@H]3NC(=O)/C(=N\OC(C)(C)C(=O)OC(C)(C)C)c3csc(NC(=O)OC(C)(C)C)n3)s2)cn1CCCN=C(N)NC(=O)OC(C)(C)C. The number of aromatic nitrogens is 4. The molecule has 344 valence electrons. The fraction of sp³-hybridized carbons (Fsp3) is 0.564. The summed E-state index contributed by atoms with van der Waals surface area (Å²) in [6.07, 6.45) is 4.34. The molecule has 3 aromatic heterocycles. The number of guanidine groups is 1. The van der Waals surface area contributed by atoms with E-state index in [1.54, 1.807) is 62.3 Å². The summed E-state index contributed by atoms with van der Waals surface area (Å²) in [6.45, 7) is 19.1. The molecule has 0 bridgehead atoms. The van der Waals surface area contributed by atoms with E-state index in [0.717, 1.165) is 16.9 Å². The molecule has 1 aliphatic heterocycles. The first-order valence-electron chi connectivity index (χ1n) is 19.8. The molecule has 0 spiro atoms. The van der Waals surface area contributed by atoms with Crippen molar-refractivity contribution in [2.45, 2.75) is 124 Å². The Kier molecular flexibility index (Phi) is 15.6. The second-order valence-corrected chi connectivity index (χ2v) is 19.6. The molecule has 0 aromatic carbocycles. The Morgan fingerprint density at radius 2 is 1.62 bits per heavy atom. The van der Waals surface area contributed by atoms with Crippen LogP contribution in [0.15, 0.2) is 34.1 Å². The molecule has 1 saturated heterocycles. The molecule has 3 aromatic rings. The van der Waals surface area contributed by atoms with Gasteiger partial charge in [-0.2, -0.15) is 4.68 Å². The number of rotatable bonds is 15. The highest BCUT2D eigenvalue weighted by atomic mass is 32.1. The van der Waals surface area contributed by atoms with Gasteiger partial charge in [0.25, 0.3) is 11.8 Å². The number of ether oxygens (including phenoxy) is 3. The molecule has 0 radical (unpaired) electrons. The number of nitrogens with one attached hydrogen (secondary N) is 5. The van der Waals surface area contributed by atoms with Crippen molar-refractivity contribution in [1.82, 2.24) is 35.9 Å². The van der Waals surface area contributed by atoms with E-state index in [2.05, 4.69) is 46.7 Å². The van der Waals surface area contributed by atoms with Gasteiger partial charge in [-0.3, -0.25) is 30.0 Å². The zero-order valence-electron chi connectivity index (χ0n) is 37.5. The van der Waals surface area contributed by atoms with Gasteiger partial charge in [-0.05, 0) is 82.6 Å². The number of aryl methyl sites for hydroxylation is 2. The first-order valence-corrected chi connectivity index (χ1v) is 21.5. The summed E-state index contributed by atoms with van der Waals surface area (Å²) in [5, 5.41) is 19.0. The number of anilines is 1. The lowest BCUT2D eigenvalue weighted by Gasteiger charge is -2.37. The summed E-state index contributed by atoms with van der Waals surface area (Å²) in [5.41, 5.74) is 2.19. The number of oxime groups is 1. The smallest absolute Gasteiger partial charge is 0.414 e. The van der Waals surface area contributed by atoms with Crippen LogP contribution in [0, 0.1) is 0 Å². The average Bonchev–Trinajstić information content (AvgIpc) is 3.89. The predicted molar refractivity (Wildman–Crippen MR) is 233 cm³/mol. The Morgan fingerprint density at radius 1 is 0.968 bits per heavy atom. The minimum atomic E-state index is -1.65. The topological polar surface area (TPSA) is 285 Å². The van der Waals surface area contributed by atoms with Gasteiger partial charge in [0, 0.05) is 18.5 Å². The van der Waals surface area contributed by atoms with Crippen LogP contribution in [-0.2, 0) is 47.0 Å². The molecule has 5 amide bonds. The number of carbonyl (C=O) groups is 6. The highest BCUT2D eigenvalue weighted by molar-refractivity contribution is 7.16. The molecule has 2 atom stereocenters. The number of hydrogen-bond acceptors (Lipinski definition) is 16. The summed E-state index contributed by atoms with van der Waals surface area (Å²) in [7, 11) is 1.86. The van der Waals surface area contributed by atoms with Crippen molar-refractivity contribution in [2.24, 2.45) is 22.9 Å². The number of amides is 5. The molecule has 4 heterocycles. The van der Waals surface area contributed by atoms with Crippen molar-refractivity contribution in [3.05, 3.63) is 34.5 Å². The van der Waals surface area contributed by atoms with Crippen LogP contribution < -0.4 is 37.0 Å². The van der Waals surface area contributed by atoms with Crippen molar-refractivity contribution in [3.8, 4) is 10.6 Å². The van der Waals surface area contributed by atoms with Gasteiger partial charge < -0.3 is 40.7 Å². The Bertz CT molecular complexity index is 2240. The van der Waals surface area contributed by atoms with E-state index in [0.29, 0.717) is 29.4 Å². The Labute approximate surface area is 372 Å². The van der Waals surface area contributed by atoms with Gasteiger partial charge >= 0.3 is 18.2 Å². The van der Waals surface area contributed by atoms with E-state index in [9.17, 15) is 28.8 Å². The predicted octanol–water partition coefficient (Wildman–Crippen LogP) is 2.72. The van der Waals surface area contributed by atoms with E-state index in [4.69, 9.17) is 24.8 Å². The summed E-state index contributed by atoms with van der Waals surface area (Å²) in [4.78, 5) is 95.6. The molecule has 0 aliphatic carbocycles.